The molecule has 0 aliphatic carbocycles. The Hall–Kier alpha value is -0.610. The van der Waals surface area contributed by atoms with Gasteiger partial charge in [0, 0.05) is 19.1 Å². The van der Waals surface area contributed by atoms with Crippen molar-refractivity contribution in [3.63, 3.8) is 0 Å². The topological polar surface area (TPSA) is 64.3 Å². The fourth-order valence-electron chi connectivity index (χ4n) is 1.28. The van der Waals surface area contributed by atoms with Gasteiger partial charge in [-0.05, 0) is 26.2 Å². The third-order valence-corrected chi connectivity index (χ3v) is 2.48. The first-order valence-electron chi connectivity index (χ1n) is 6.10. The zero-order valence-corrected chi connectivity index (χ0v) is 11.0. The summed E-state index contributed by atoms with van der Waals surface area (Å²) in [5.41, 5.74) is 5.61. The number of nitrogens with two attached hydrogens (primary N) is 1. The smallest absolute Gasteiger partial charge is 0.220 e. The molecule has 0 aromatic carbocycles. The highest BCUT2D eigenvalue weighted by molar-refractivity contribution is 5.76. The highest BCUT2D eigenvalue weighted by Crippen LogP contribution is 2.03. The molecule has 0 radical (unpaired) electrons. The molecule has 4 heteroatoms. The van der Waals surface area contributed by atoms with Gasteiger partial charge in [-0.2, -0.15) is 0 Å². The molecule has 1 amide bonds. The van der Waals surface area contributed by atoms with E-state index < -0.39 is 0 Å². The van der Waals surface area contributed by atoms with E-state index in [0.29, 0.717) is 25.6 Å². The third kappa shape index (κ3) is 7.65. The Labute approximate surface area is 98.9 Å². The monoisotopic (exact) mass is 230 g/mol. The van der Waals surface area contributed by atoms with Crippen molar-refractivity contribution in [1.82, 2.24) is 5.32 Å². The van der Waals surface area contributed by atoms with Gasteiger partial charge in [0.1, 0.15) is 0 Å². The molecule has 0 aliphatic heterocycles. The van der Waals surface area contributed by atoms with Gasteiger partial charge in [0.2, 0.25) is 5.91 Å². The molecule has 2 unspecified atom stereocenters. The standard InChI is InChI=1S/C12H26N2O2/c1-5-16-8-11(9(2)3)14-12(15)7-6-10(4)13/h9-11H,5-8,13H2,1-4H3,(H,14,15). The summed E-state index contributed by atoms with van der Waals surface area (Å²) in [4.78, 5) is 11.6. The summed E-state index contributed by atoms with van der Waals surface area (Å²) in [6.45, 7) is 9.28. The van der Waals surface area contributed by atoms with Gasteiger partial charge < -0.3 is 15.8 Å². The Kier molecular flexibility index (Phi) is 8.21. The first-order chi connectivity index (χ1) is 7.47. The lowest BCUT2D eigenvalue weighted by Gasteiger charge is -2.22. The molecule has 0 saturated carbocycles. The minimum Gasteiger partial charge on any atom is -0.380 e. The van der Waals surface area contributed by atoms with Crippen molar-refractivity contribution in [2.75, 3.05) is 13.2 Å². The number of hydrogen-bond acceptors (Lipinski definition) is 3. The summed E-state index contributed by atoms with van der Waals surface area (Å²) in [5, 5.41) is 2.99. The van der Waals surface area contributed by atoms with E-state index in [4.69, 9.17) is 10.5 Å². The quantitative estimate of drug-likeness (QED) is 0.660. The van der Waals surface area contributed by atoms with Crippen molar-refractivity contribution >= 4 is 5.91 Å². The predicted octanol–water partition coefficient (Wildman–Crippen LogP) is 1.29. The fourth-order valence-corrected chi connectivity index (χ4v) is 1.28. The van der Waals surface area contributed by atoms with E-state index in [-0.39, 0.29) is 18.0 Å². The molecule has 0 aliphatic rings. The maximum absolute atomic E-state index is 11.6. The first-order valence-corrected chi connectivity index (χ1v) is 6.10. The largest absolute Gasteiger partial charge is 0.380 e. The van der Waals surface area contributed by atoms with Gasteiger partial charge in [-0.3, -0.25) is 4.79 Å². The van der Waals surface area contributed by atoms with Crippen LogP contribution in [0.4, 0.5) is 0 Å². The minimum absolute atomic E-state index is 0.0655. The summed E-state index contributed by atoms with van der Waals surface area (Å²) in [7, 11) is 0. The van der Waals surface area contributed by atoms with Crippen LogP contribution in [-0.4, -0.2) is 31.2 Å². The highest BCUT2D eigenvalue weighted by atomic mass is 16.5. The Balaban J connectivity index is 3.93. The van der Waals surface area contributed by atoms with Crippen LogP contribution in [0.5, 0.6) is 0 Å². The first kappa shape index (κ1) is 15.4. The van der Waals surface area contributed by atoms with Gasteiger partial charge in [-0.15, -0.1) is 0 Å². The molecule has 0 saturated heterocycles. The molecular formula is C12H26N2O2. The van der Waals surface area contributed by atoms with Crippen LogP contribution in [0.15, 0.2) is 0 Å². The number of ether oxygens (including phenoxy) is 1. The third-order valence-electron chi connectivity index (χ3n) is 2.48. The molecule has 0 bridgehead atoms. The van der Waals surface area contributed by atoms with Crippen LogP contribution in [0.3, 0.4) is 0 Å². The zero-order chi connectivity index (χ0) is 12.6. The SMILES string of the molecule is CCOCC(NC(=O)CCC(C)N)C(C)C. The predicted molar refractivity (Wildman–Crippen MR) is 66.1 cm³/mol. The summed E-state index contributed by atoms with van der Waals surface area (Å²) < 4.78 is 5.34. The van der Waals surface area contributed by atoms with Crippen LogP contribution in [0.25, 0.3) is 0 Å². The summed E-state index contributed by atoms with van der Waals surface area (Å²) >= 11 is 0. The number of carbonyl (C=O) groups is 1. The van der Waals surface area contributed by atoms with Crippen LogP contribution in [-0.2, 0) is 9.53 Å². The Bertz CT molecular complexity index is 193. The Morgan fingerprint density at radius 3 is 2.44 bits per heavy atom. The molecule has 0 spiro atoms. The van der Waals surface area contributed by atoms with Crippen molar-refractivity contribution < 1.29 is 9.53 Å². The zero-order valence-electron chi connectivity index (χ0n) is 11.0. The van der Waals surface area contributed by atoms with Gasteiger partial charge >= 0.3 is 0 Å². The van der Waals surface area contributed by atoms with Gasteiger partial charge in [-0.1, -0.05) is 13.8 Å². The summed E-state index contributed by atoms with van der Waals surface area (Å²) in [6.07, 6.45) is 1.22. The maximum atomic E-state index is 11.6. The number of carbonyl (C=O) groups excluding carboxylic acids is 1. The van der Waals surface area contributed by atoms with Crippen LogP contribution >= 0.6 is 0 Å². The molecule has 16 heavy (non-hydrogen) atoms. The van der Waals surface area contributed by atoms with E-state index in [9.17, 15) is 4.79 Å². The molecule has 0 heterocycles. The van der Waals surface area contributed by atoms with Crippen molar-refractivity contribution in [2.24, 2.45) is 11.7 Å². The molecule has 3 N–H and O–H groups in total. The van der Waals surface area contributed by atoms with Crippen molar-refractivity contribution in [3.8, 4) is 0 Å². The van der Waals surface area contributed by atoms with E-state index >= 15 is 0 Å². The number of rotatable bonds is 8. The average molecular weight is 230 g/mol. The molecule has 4 nitrogen and oxygen atoms in total. The second kappa shape index (κ2) is 8.53. The Morgan fingerprint density at radius 2 is 2.00 bits per heavy atom. The minimum atomic E-state index is 0.0655. The van der Waals surface area contributed by atoms with Gasteiger partial charge in [-0.25, -0.2) is 0 Å². The van der Waals surface area contributed by atoms with Crippen LogP contribution < -0.4 is 11.1 Å². The molecule has 2 atom stereocenters. The van der Waals surface area contributed by atoms with Crippen molar-refractivity contribution in [1.29, 1.82) is 0 Å². The van der Waals surface area contributed by atoms with Gasteiger partial charge in [0.25, 0.3) is 0 Å². The Morgan fingerprint density at radius 1 is 1.38 bits per heavy atom. The lowest BCUT2D eigenvalue weighted by atomic mass is 10.0. The molecule has 0 aromatic heterocycles. The van der Waals surface area contributed by atoms with E-state index in [1.165, 1.54) is 0 Å². The molecule has 96 valence electrons. The van der Waals surface area contributed by atoms with Crippen LogP contribution in [0, 0.1) is 5.92 Å². The summed E-state index contributed by atoms with van der Waals surface area (Å²) in [6, 6.07) is 0.177. The van der Waals surface area contributed by atoms with Crippen LogP contribution in [0.2, 0.25) is 0 Å². The number of nitrogens with one attached hydrogen (secondary N) is 1. The second-order valence-electron chi connectivity index (χ2n) is 4.59. The number of hydrogen-bond donors (Lipinski definition) is 2. The van der Waals surface area contributed by atoms with Crippen LogP contribution in [0.1, 0.15) is 40.5 Å². The maximum Gasteiger partial charge on any atom is 0.220 e. The van der Waals surface area contributed by atoms with Gasteiger partial charge in [0.05, 0.1) is 12.6 Å². The molecule has 0 fully saturated rings. The fraction of sp³-hybridized carbons (Fsp3) is 0.917. The van der Waals surface area contributed by atoms with E-state index in [1.54, 1.807) is 0 Å². The molecule has 0 rings (SSSR count). The van der Waals surface area contributed by atoms with E-state index in [1.807, 2.05) is 13.8 Å². The van der Waals surface area contributed by atoms with Gasteiger partial charge in [0.15, 0.2) is 0 Å². The normalized spacial score (nSPS) is 14.9. The lowest BCUT2D eigenvalue weighted by Crippen LogP contribution is -2.42. The van der Waals surface area contributed by atoms with E-state index in [2.05, 4.69) is 19.2 Å². The molecular weight excluding hydrogens is 204 g/mol. The lowest BCUT2D eigenvalue weighted by molar-refractivity contribution is -0.122. The molecule has 0 aromatic rings. The van der Waals surface area contributed by atoms with Crippen molar-refractivity contribution in [2.45, 2.75) is 52.6 Å². The summed E-state index contributed by atoms with van der Waals surface area (Å²) in [5.74, 6) is 0.446. The number of amides is 1. The average Bonchev–Trinajstić information content (AvgIpc) is 2.20. The second-order valence-corrected chi connectivity index (χ2v) is 4.59. The highest BCUT2D eigenvalue weighted by Gasteiger charge is 2.16. The van der Waals surface area contributed by atoms with Crippen molar-refractivity contribution in [3.05, 3.63) is 0 Å². The van der Waals surface area contributed by atoms with E-state index in [0.717, 1.165) is 6.42 Å².